The second-order valence-corrected chi connectivity index (χ2v) is 4.98. The van der Waals surface area contributed by atoms with E-state index in [1.54, 1.807) is 0 Å². The van der Waals surface area contributed by atoms with Gasteiger partial charge in [0.15, 0.2) is 0 Å². The fourth-order valence-corrected chi connectivity index (χ4v) is 2.56. The minimum absolute atomic E-state index is 0.481. The van der Waals surface area contributed by atoms with Gasteiger partial charge >= 0.3 is 5.97 Å². The molecule has 0 aromatic heterocycles. The second kappa shape index (κ2) is 8.28. The van der Waals surface area contributed by atoms with Crippen molar-refractivity contribution in [1.82, 2.24) is 0 Å². The first-order chi connectivity index (χ1) is 9.15. The smallest absolute Gasteiger partial charge is 0.311 e. The fraction of sp³-hybridized carbons (Fsp3) is 0.500. The summed E-state index contributed by atoms with van der Waals surface area (Å²) in [6.45, 7) is 3.19. The lowest BCUT2D eigenvalue weighted by molar-refractivity contribution is -0.138. The maximum atomic E-state index is 11.4. The topological polar surface area (TPSA) is 40.5 Å². The van der Waals surface area contributed by atoms with E-state index in [0.717, 1.165) is 11.3 Å². The molecule has 0 amide bonds. The van der Waals surface area contributed by atoms with E-state index < -0.39 is 11.9 Å². The van der Waals surface area contributed by atoms with Crippen LogP contribution in [0.1, 0.15) is 24.8 Å². The number of carbonyl (C=O) groups is 1. The van der Waals surface area contributed by atoms with Crippen molar-refractivity contribution in [3.8, 4) is 0 Å². The molecule has 0 heterocycles. The van der Waals surface area contributed by atoms with Crippen LogP contribution in [-0.2, 0) is 4.79 Å². The largest absolute Gasteiger partial charge is 0.481 e. The molecule has 0 fully saturated rings. The Labute approximate surface area is 124 Å². The minimum Gasteiger partial charge on any atom is -0.481 e. The van der Waals surface area contributed by atoms with Crippen LogP contribution in [0.2, 0.25) is 0 Å². The third kappa shape index (κ3) is 4.29. The summed E-state index contributed by atoms with van der Waals surface area (Å²) in [5.74, 6) is -0.333. The number of anilines is 1. The number of aliphatic carboxylic acids is 1. The Bertz CT molecular complexity index is 406. The maximum absolute atomic E-state index is 11.4. The number of nitrogens with zero attached hydrogens (tertiary/aromatic N) is 1. The first-order valence-corrected chi connectivity index (χ1v) is 7.41. The molecule has 0 aliphatic heterocycles. The zero-order chi connectivity index (χ0) is 14.3. The van der Waals surface area contributed by atoms with Crippen molar-refractivity contribution in [3.63, 3.8) is 0 Å². The number of alkyl halides is 2. The van der Waals surface area contributed by atoms with Crippen LogP contribution in [0.15, 0.2) is 24.3 Å². The predicted molar refractivity (Wildman–Crippen MR) is 80.8 cm³/mol. The van der Waals surface area contributed by atoms with Gasteiger partial charge in [0, 0.05) is 30.5 Å². The highest BCUT2D eigenvalue weighted by molar-refractivity contribution is 6.18. The van der Waals surface area contributed by atoms with Gasteiger partial charge in [-0.2, -0.15) is 0 Å². The van der Waals surface area contributed by atoms with Gasteiger partial charge < -0.3 is 10.0 Å². The molecule has 0 saturated heterocycles. The van der Waals surface area contributed by atoms with Crippen LogP contribution < -0.4 is 4.90 Å². The molecule has 106 valence electrons. The predicted octanol–water partition coefficient (Wildman–Crippen LogP) is 3.55. The van der Waals surface area contributed by atoms with Gasteiger partial charge in [-0.1, -0.05) is 25.1 Å². The van der Waals surface area contributed by atoms with Crippen molar-refractivity contribution in [3.05, 3.63) is 29.8 Å². The Morgan fingerprint density at radius 2 is 1.84 bits per heavy atom. The number of halogens is 2. The molecule has 0 aliphatic rings. The summed E-state index contributed by atoms with van der Waals surface area (Å²) < 4.78 is 0. The summed E-state index contributed by atoms with van der Waals surface area (Å²) in [5.41, 5.74) is 1.74. The van der Waals surface area contributed by atoms with Gasteiger partial charge in [-0.25, -0.2) is 0 Å². The average Bonchev–Trinajstić information content (AvgIpc) is 2.39. The highest BCUT2D eigenvalue weighted by Gasteiger charge is 2.22. The van der Waals surface area contributed by atoms with Crippen molar-refractivity contribution in [1.29, 1.82) is 0 Å². The van der Waals surface area contributed by atoms with E-state index in [2.05, 4.69) is 0 Å². The van der Waals surface area contributed by atoms with E-state index >= 15 is 0 Å². The molecular weight excluding hydrogens is 285 g/mol. The molecule has 5 heteroatoms. The number of benzene rings is 1. The number of para-hydroxylation sites is 1. The van der Waals surface area contributed by atoms with E-state index in [4.69, 9.17) is 23.2 Å². The van der Waals surface area contributed by atoms with Crippen LogP contribution in [-0.4, -0.2) is 35.9 Å². The van der Waals surface area contributed by atoms with E-state index in [1.807, 2.05) is 36.1 Å². The first-order valence-electron chi connectivity index (χ1n) is 6.34. The Morgan fingerprint density at radius 3 is 2.32 bits per heavy atom. The van der Waals surface area contributed by atoms with Crippen LogP contribution in [0.25, 0.3) is 0 Å². The number of hydrogen-bond donors (Lipinski definition) is 1. The minimum atomic E-state index is -0.799. The highest BCUT2D eigenvalue weighted by atomic mass is 35.5. The van der Waals surface area contributed by atoms with Crippen molar-refractivity contribution in [2.24, 2.45) is 0 Å². The zero-order valence-electron chi connectivity index (χ0n) is 11.0. The first kappa shape index (κ1) is 16.1. The molecule has 0 saturated carbocycles. The summed E-state index contributed by atoms with van der Waals surface area (Å²) in [6, 6.07) is 7.57. The highest BCUT2D eigenvalue weighted by Crippen LogP contribution is 2.30. The van der Waals surface area contributed by atoms with Crippen LogP contribution in [0.3, 0.4) is 0 Å². The number of carboxylic acids is 1. The van der Waals surface area contributed by atoms with Crippen LogP contribution >= 0.6 is 23.2 Å². The van der Waals surface area contributed by atoms with Crippen molar-refractivity contribution < 1.29 is 9.90 Å². The van der Waals surface area contributed by atoms with E-state index in [0.29, 0.717) is 31.3 Å². The fourth-order valence-electron chi connectivity index (χ4n) is 2.15. The van der Waals surface area contributed by atoms with E-state index in [-0.39, 0.29) is 0 Å². The monoisotopic (exact) mass is 303 g/mol. The lowest BCUT2D eigenvalue weighted by atomic mass is 9.94. The molecule has 0 bridgehead atoms. The lowest BCUT2D eigenvalue weighted by Crippen LogP contribution is -2.29. The molecule has 0 radical (unpaired) electrons. The Morgan fingerprint density at radius 1 is 1.26 bits per heavy atom. The average molecular weight is 304 g/mol. The summed E-state index contributed by atoms with van der Waals surface area (Å²) in [5, 5.41) is 9.32. The van der Waals surface area contributed by atoms with Gasteiger partial charge in [-0.15, -0.1) is 23.2 Å². The molecule has 1 unspecified atom stereocenters. The third-order valence-electron chi connectivity index (χ3n) is 3.07. The summed E-state index contributed by atoms with van der Waals surface area (Å²) >= 11 is 11.6. The van der Waals surface area contributed by atoms with Crippen molar-refractivity contribution in [2.45, 2.75) is 19.3 Å². The number of rotatable bonds is 8. The molecule has 0 spiro atoms. The quantitative estimate of drug-likeness (QED) is 0.747. The SMILES string of the molecule is CCC(C(=O)O)c1ccccc1N(CCCl)CCCl. The third-order valence-corrected chi connectivity index (χ3v) is 3.41. The van der Waals surface area contributed by atoms with Gasteiger partial charge in [0.1, 0.15) is 0 Å². The van der Waals surface area contributed by atoms with Gasteiger partial charge in [0.25, 0.3) is 0 Å². The molecule has 1 rings (SSSR count). The normalized spacial score (nSPS) is 12.2. The van der Waals surface area contributed by atoms with Crippen LogP contribution in [0.4, 0.5) is 5.69 Å². The molecule has 0 aliphatic carbocycles. The summed E-state index contributed by atoms with van der Waals surface area (Å²) in [7, 11) is 0. The molecular formula is C14H19Cl2NO2. The molecule has 1 aromatic rings. The molecule has 1 atom stereocenters. The van der Waals surface area contributed by atoms with Crippen LogP contribution in [0, 0.1) is 0 Å². The summed E-state index contributed by atoms with van der Waals surface area (Å²) in [4.78, 5) is 13.4. The Balaban J connectivity index is 3.14. The zero-order valence-corrected chi connectivity index (χ0v) is 12.5. The summed E-state index contributed by atoms with van der Waals surface area (Å²) in [6.07, 6.45) is 0.557. The Hall–Kier alpha value is -0.930. The maximum Gasteiger partial charge on any atom is 0.311 e. The van der Waals surface area contributed by atoms with Crippen LogP contribution in [0.5, 0.6) is 0 Å². The van der Waals surface area contributed by atoms with Gasteiger partial charge in [0.2, 0.25) is 0 Å². The molecule has 3 nitrogen and oxygen atoms in total. The molecule has 19 heavy (non-hydrogen) atoms. The van der Waals surface area contributed by atoms with Crippen molar-refractivity contribution >= 4 is 34.9 Å². The lowest BCUT2D eigenvalue weighted by Gasteiger charge is -2.27. The number of carboxylic acid groups (broad SMARTS) is 1. The molecule has 1 aromatic carbocycles. The second-order valence-electron chi connectivity index (χ2n) is 4.22. The van der Waals surface area contributed by atoms with E-state index in [1.165, 1.54) is 0 Å². The number of hydrogen-bond acceptors (Lipinski definition) is 2. The van der Waals surface area contributed by atoms with Gasteiger partial charge in [-0.3, -0.25) is 4.79 Å². The van der Waals surface area contributed by atoms with Crippen molar-refractivity contribution in [2.75, 3.05) is 29.7 Å². The van der Waals surface area contributed by atoms with Gasteiger partial charge in [-0.05, 0) is 18.1 Å². The van der Waals surface area contributed by atoms with E-state index in [9.17, 15) is 9.90 Å². The van der Waals surface area contributed by atoms with Gasteiger partial charge in [0.05, 0.1) is 5.92 Å². The standard InChI is InChI=1S/C14H19Cl2NO2/c1-2-11(14(18)19)12-5-3-4-6-13(12)17(9-7-15)10-8-16/h3-6,11H,2,7-10H2,1H3,(H,18,19). The molecule has 1 N–H and O–H groups in total. The Kier molecular flexibility index (Phi) is 7.03.